The highest BCUT2D eigenvalue weighted by molar-refractivity contribution is 9.14. The van der Waals surface area contributed by atoms with E-state index in [9.17, 15) is 15.3 Å². The molecule has 3 nitrogen and oxygen atoms in total. The topological polar surface area (TPSA) is 60.7 Å². The van der Waals surface area contributed by atoms with Crippen molar-refractivity contribution in [3.63, 3.8) is 0 Å². The minimum Gasteiger partial charge on any atom is -0.507 e. The lowest BCUT2D eigenvalue weighted by Gasteiger charge is -2.20. The molecule has 2 aromatic rings. The van der Waals surface area contributed by atoms with E-state index in [-0.39, 0.29) is 11.5 Å². The lowest BCUT2D eigenvalue weighted by atomic mass is 10.0. The fraction of sp³-hybridized carbons (Fsp3) is 0.0769. The van der Waals surface area contributed by atoms with Crippen molar-refractivity contribution in [1.29, 1.82) is 0 Å². The summed E-state index contributed by atoms with van der Waals surface area (Å²) in [5.41, 5.74) is 1.07. The van der Waals surface area contributed by atoms with Crippen LogP contribution in [0.5, 0.6) is 11.5 Å². The van der Waals surface area contributed by atoms with Crippen molar-refractivity contribution < 1.29 is 15.3 Å². The number of aromatic hydroxyl groups is 2. The summed E-state index contributed by atoms with van der Waals surface area (Å²) in [6.07, 6.45) is -1.01. The quantitative estimate of drug-likeness (QED) is 0.306. The number of phenols is 2. The van der Waals surface area contributed by atoms with Gasteiger partial charge in [0.15, 0.2) is 0 Å². The zero-order chi connectivity index (χ0) is 16.8. The van der Waals surface area contributed by atoms with Crippen molar-refractivity contribution in [2.45, 2.75) is 6.10 Å². The molecule has 118 valence electrons. The van der Waals surface area contributed by atoms with Crippen LogP contribution < -0.4 is 0 Å². The molecule has 2 aromatic carbocycles. The third-order valence-corrected chi connectivity index (χ3v) is 9.38. The standard InChI is InChI=1S/C13H6Br6O3/c14-6-3(1-2-4(20)7(6)15)12(21)5-8(16)10(18)13(22)11(19)9(5)17/h1-2,12,20-22H. The minimum absolute atomic E-state index is 0.0145. The van der Waals surface area contributed by atoms with Crippen LogP contribution in [0.4, 0.5) is 0 Å². The molecular weight excluding hydrogens is 684 g/mol. The highest BCUT2D eigenvalue weighted by atomic mass is 79.9. The molecule has 0 saturated carbocycles. The van der Waals surface area contributed by atoms with Gasteiger partial charge in [-0.1, -0.05) is 6.07 Å². The first-order chi connectivity index (χ1) is 10.2. The molecule has 0 fully saturated rings. The summed E-state index contributed by atoms with van der Waals surface area (Å²) < 4.78 is 2.87. The molecule has 0 bridgehead atoms. The minimum atomic E-state index is -1.01. The number of aliphatic hydroxyl groups excluding tert-OH is 1. The fourth-order valence-electron chi connectivity index (χ4n) is 1.80. The molecule has 1 unspecified atom stereocenters. The van der Waals surface area contributed by atoms with Gasteiger partial charge in [-0.3, -0.25) is 0 Å². The van der Waals surface area contributed by atoms with Gasteiger partial charge >= 0.3 is 0 Å². The number of rotatable bonds is 2. The molecule has 2 rings (SSSR count). The van der Waals surface area contributed by atoms with E-state index >= 15 is 0 Å². The molecule has 0 aliphatic heterocycles. The normalized spacial score (nSPS) is 12.5. The summed E-state index contributed by atoms with van der Waals surface area (Å²) in [6.45, 7) is 0. The summed E-state index contributed by atoms with van der Waals surface area (Å²) in [5.74, 6) is 0.0784. The van der Waals surface area contributed by atoms with E-state index in [4.69, 9.17) is 0 Å². The van der Waals surface area contributed by atoms with Crippen LogP contribution in [0, 0.1) is 0 Å². The Hall–Kier alpha value is 0.880. The molecule has 1 atom stereocenters. The smallest absolute Gasteiger partial charge is 0.146 e. The lowest BCUT2D eigenvalue weighted by Crippen LogP contribution is -2.04. The van der Waals surface area contributed by atoms with Crippen LogP contribution in [0.15, 0.2) is 39.0 Å². The maximum atomic E-state index is 10.8. The van der Waals surface area contributed by atoms with Gasteiger partial charge in [-0.15, -0.1) is 0 Å². The van der Waals surface area contributed by atoms with Crippen LogP contribution in [0.1, 0.15) is 17.2 Å². The molecule has 3 N–H and O–H groups in total. The average Bonchev–Trinajstić information content (AvgIpc) is 2.49. The van der Waals surface area contributed by atoms with Gasteiger partial charge in [0.1, 0.15) is 17.6 Å². The highest BCUT2D eigenvalue weighted by Crippen LogP contribution is 2.50. The fourth-order valence-corrected chi connectivity index (χ4v) is 5.27. The van der Waals surface area contributed by atoms with E-state index in [0.29, 0.717) is 38.0 Å². The van der Waals surface area contributed by atoms with Crippen molar-refractivity contribution in [2.75, 3.05) is 0 Å². The van der Waals surface area contributed by atoms with Gasteiger partial charge in [0, 0.05) is 24.5 Å². The summed E-state index contributed by atoms with van der Waals surface area (Å²) >= 11 is 19.9. The molecule has 0 spiro atoms. The average molecular weight is 690 g/mol. The van der Waals surface area contributed by atoms with Crippen molar-refractivity contribution in [3.05, 3.63) is 50.1 Å². The highest BCUT2D eigenvalue weighted by Gasteiger charge is 2.26. The number of hydrogen-bond acceptors (Lipinski definition) is 3. The van der Waals surface area contributed by atoms with E-state index in [1.165, 1.54) is 6.07 Å². The molecule has 0 heterocycles. The Morgan fingerprint density at radius 3 is 1.68 bits per heavy atom. The molecule has 0 saturated heterocycles. The van der Waals surface area contributed by atoms with Crippen LogP contribution in [-0.2, 0) is 0 Å². The van der Waals surface area contributed by atoms with Gasteiger partial charge in [-0.2, -0.15) is 0 Å². The molecule has 22 heavy (non-hydrogen) atoms. The second kappa shape index (κ2) is 7.41. The van der Waals surface area contributed by atoms with Gasteiger partial charge in [0.25, 0.3) is 0 Å². The van der Waals surface area contributed by atoms with Gasteiger partial charge in [0.05, 0.1) is 13.4 Å². The van der Waals surface area contributed by atoms with E-state index in [2.05, 4.69) is 95.6 Å². The van der Waals surface area contributed by atoms with Crippen LogP contribution in [0.3, 0.4) is 0 Å². The van der Waals surface area contributed by atoms with Crippen molar-refractivity contribution >= 4 is 95.6 Å². The third kappa shape index (κ3) is 3.32. The zero-order valence-electron chi connectivity index (χ0n) is 10.3. The Morgan fingerprint density at radius 1 is 0.682 bits per heavy atom. The molecule has 9 heteroatoms. The first-order valence-electron chi connectivity index (χ1n) is 5.58. The van der Waals surface area contributed by atoms with Crippen LogP contribution in [0.2, 0.25) is 0 Å². The maximum Gasteiger partial charge on any atom is 0.146 e. The summed E-state index contributed by atoms with van der Waals surface area (Å²) in [5, 5.41) is 30.5. The Kier molecular flexibility index (Phi) is 6.47. The summed E-state index contributed by atoms with van der Waals surface area (Å²) in [6, 6.07) is 3.10. The van der Waals surface area contributed by atoms with E-state index in [1.807, 2.05) is 0 Å². The number of benzene rings is 2. The Labute approximate surface area is 176 Å². The number of aliphatic hydroxyl groups is 1. The predicted molar refractivity (Wildman–Crippen MR) is 106 cm³/mol. The monoisotopic (exact) mass is 684 g/mol. The molecule has 0 aromatic heterocycles. The van der Waals surface area contributed by atoms with Crippen LogP contribution >= 0.6 is 95.6 Å². The van der Waals surface area contributed by atoms with E-state index in [1.54, 1.807) is 6.07 Å². The second-order valence-corrected chi connectivity index (χ2v) is 8.98. The first-order valence-corrected chi connectivity index (χ1v) is 10.3. The molecule has 0 amide bonds. The second-order valence-electron chi connectivity index (χ2n) is 4.22. The van der Waals surface area contributed by atoms with E-state index in [0.717, 1.165) is 0 Å². The summed E-state index contributed by atoms with van der Waals surface area (Å²) in [4.78, 5) is 0. The molecule has 0 aliphatic rings. The Balaban J connectivity index is 2.70. The first kappa shape index (κ1) is 19.2. The zero-order valence-corrected chi connectivity index (χ0v) is 19.9. The maximum absolute atomic E-state index is 10.8. The van der Waals surface area contributed by atoms with Gasteiger partial charge in [0.2, 0.25) is 0 Å². The number of hydrogen-bond donors (Lipinski definition) is 3. The summed E-state index contributed by atoms with van der Waals surface area (Å²) in [7, 11) is 0. The number of halogens is 6. The van der Waals surface area contributed by atoms with Crippen molar-refractivity contribution in [1.82, 2.24) is 0 Å². The molecular formula is C13H6Br6O3. The van der Waals surface area contributed by atoms with Gasteiger partial charge in [-0.05, 0) is 102 Å². The largest absolute Gasteiger partial charge is 0.507 e. The Bertz CT molecular complexity index is 733. The third-order valence-electron chi connectivity index (χ3n) is 2.93. The predicted octanol–water partition coefficient (Wildman–Crippen LogP) is 6.75. The van der Waals surface area contributed by atoms with Gasteiger partial charge in [-0.25, -0.2) is 0 Å². The van der Waals surface area contributed by atoms with Crippen molar-refractivity contribution in [3.8, 4) is 11.5 Å². The van der Waals surface area contributed by atoms with Crippen LogP contribution in [0.25, 0.3) is 0 Å². The number of phenolic OH excluding ortho intramolecular Hbond substituents is 2. The Morgan fingerprint density at radius 2 is 1.18 bits per heavy atom. The molecule has 0 radical (unpaired) electrons. The van der Waals surface area contributed by atoms with E-state index < -0.39 is 6.10 Å². The van der Waals surface area contributed by atoms with Crippen molar-refractivity contribution in [2.24, 2.45) is 0 Å². The molecule has 0 aliphatic carbocycles. The van der Waals surface area contributed by atoms with Gasteiger partial charge < -0.3 is 15.3 Å². The van der Waals surface area contributed by atoms with Crippen LogP contribution in [-0.4, -0.2) is 15.3 Å². The SMILES string of the molecule is Oc1ccc(C(O)c2c(Br)c(Br)c(O)c(Br)c2Br)c(Br)c1Br. The lowest BCUT2D eigenvalue weighted by molar-refractivity contribution is 0.217.